The highest BCUT2D eigenvalue weighted by Gasteiger charge is 2.35. The van der Waals surface area contributed by atoms with Crippen molar-refractivity contribution in [3.8, 4) is 11.5 Å². The molecule has 6 nitrogen and oxygen atoms in total. The third-order valence-corrected chi connectivity index (χ3v) is 5.76. The van der Waals surface area contributed by atoms with Crippen LogP contribution in [-0.4, -0.2) is 25.8 Å². The Hall–Kier alpha value is -3.15. The number of nitrogens with one attached hydrogen (secondary N) is 1. The lowest BCUT2D eigenvalue weighted by Crippen LogP contribution is -2.38. The van der Waals surface area contributed by atoms with Gasteiger partial charge in [0.05, 0.1) is 23.9 Å². The normalized spacial score (nSPS) is 18.3. The molecule has 2 aromatic heterocycles. The van der Waals surface area contributed by atoms with Crippen molar-refractivity contribution in [3.63, 3.8) is 0 Å². The minimum absolute atomic E-state index is 0.0190. The van der Waals surface area contributed by atoms with Crippen molar-refractivity contribution >= 4 is 5.91 Å². The zero-order valence-electron chi connectivity index (χ0n) is 17.9. The van der Waals surface area contributed by atoms with Crippen molar-refractivity contribution in [2.24, 2.45) is 5.41 Å². The molecule has 154 valence electrons. The van der Waals surface area contributed by atoms with Crippen LogP contribution in [0.4, 0.5) is 0 Å². The summed E-state index contributed by atoms with van der Waals surface area (Å²) in [6.45, 7) is 8.42. The van der Waals surface area contributed by atoms with Crippen molar-refractivity contribution in [1.29, 1.82) is 0 Å². The maximum atomic E-state index is 13.0. The van der Waals surface area contributed by atoms with E-state index in [1.54, 1.807) is 18.6 Å². The Morgan fingerprint density at radius 3 is 2.60 bits per heavy atom. The molecule has 1 N–H and O–H groups in total. The molecule has 1 amide bonds. The Morgan fingerprint density at radius 2 is 1.90 bits per heavy atom. The highest BCUT2D eigenvalue weighted by atomic mass is 16.1. The molecule has 1 aliphatic rings. The highest BCUT2D eigenvalue weighted by Crippen LogP contribution is 2.40. The van der Waals surface area contributed by atoms with Crippen molar-refractivity contribution in [3.05, 3.63) is 71.4 Å². The van der Waals surface area contributed by atoms with Crippen LogP contribution in [0.15, 0.2) is 49.1 Å². The van der Waals surface area contributed by atoms with Gasteiger partial charge in [0.15, 0.2) is 5.82 Å². The van der Waals surface area contributed by atoms with Crippen LogP contribution in [-0.2, 0) is 11.2 Å². The number of carbonyl (C=O) groups excluding carboxylic acids is 1. The number of hydrogen-bond donors (Lipinski definition) is 1. The first-order valence-corrected chi connectivity index (χ1v) is 10.3. The van der Waals surface area contributed by atoms with Crippen molar-refractivity contribution in [1.82, 2.24) is 25.3 Å². The van der Waals surface area contributed by atoms with Gasteiger partial charge in [-0.05, 0) is 37.7 Å². The summed E-state index contributed by atoms with van der Waals surface area (Å²) in [5, 5.41) is 3.26. The maximum Gasteiger partial charge on any atom is 0.227 e. The molecule has 2 unspecified atom stereocenters. The van der Waals surface area contributed by atoms with Crippen LogP contribution in [0.2, 0.25) is 0 Å². The molecule has 0 radical (unpaired) electrons. The molecule has 0 aliphatic heterocycles. The first-order valence-electron chi connectivity index (χ1n) is 10.3. The quantitative estimate of drug-likeness (QED) is 0.709. The summed E-state index contributed by atoms with van der Waals surface area (Å²) in [5.74, 6) is 0.363. The number of fused-ring (bicyclic) bond motifs is 1. The van der Waals surface area contributed by atoms with Gasteiger partial charge in [-0.1, -0.05) is 43.7 Å². The lowest BCUT2D eigenvalue weighted by atomic mass is 9.74. The van der Waals surface area contributed by atoms with Crippen LogP contribution in [0.25, 0.3) is 11.5 Å². The second-order valence-electron chi connectivity index (χ2n) is 8.92. The number of nitrogens with zero attached hydrogens (tertiary/aromatic N) is 4. The second-order valence-corrected chi connectivity index (χ2v) is 8.92. The molecule has 0 spiro atoms. The van der Waals surface area contributed by atoms with Gasteiger partial charge in [-0.25, -0.2) is 15.0 Å². The van der Waals surface area contributed by atoms with Crippen molar-refractivity contribution in [2.45, 2.75) is 52.5 Å². The van der Waals surface area contributed by atoms with Gasteiger partial charge in [-0.3, -0.25) is 9.78 Å². The molecule has 0 fully saturated rings. The van der Waals surface area contributed by atoms with Crippen LogP contribution in [0.1, 0.15) is 61.5 Å². The van der Waals surface area contributed by atoms with Crippen LogP contribution < -0.4 is 5.32 Å². The molecular formula is C24H27N5O. The van der Waals surface area contributed by atoms with Gasteiger partial charge in [0, 0.05) is 24.2 Å². The van der Waals surface area contributed by atoms with E-state index in [0.717, 1.165) is 29.7 Å². The van der Waals surface area contributed by atoms with Gasteiger partial charge in [0.2, 0.25) is 5.91 Å². The Kier molecular flexibility index (Phi) is 5.33. The number of rotatable bonds is 4. The lowest BCUT2D eigenvalue weighted by molar-refractivity contribution is -0.123. The molecule has 0 saturated heterocycles. The molecule has 0 bridgehead atoms. The molecule has 1 aliphatic carbocycles. The standard InChI is InChI=1S/C24H27N5O/c1-15-5-7-17(8-6-15)16(2)23(30)29-20-12-24(3,4)11-19-18(20)13-27-22(28-19)21-14-25-9-10-26-21/h5-10,13-14,16,20H,11-12H2,1-4H3,(H,29,30). The number of hydrogen-bond acceptors (Lipinski definition) is 5. The number of carbonyl (C=O) groups is 1. The third-order valence-electron chi connectivity index (χ3n) is 5.76. The van der Waals surface area contributed by atoms with E-state index < -0.39 is 0 Å². The predicted molar refractivity (Wildman–Crippen MR) is 116 cm³/mol. The molecule has 3 aromatic rings. The van der Waals surface area contributed by atoms with Gasteiger partial charge < -0.3 is 5.32 Å². The van der Waals surface area contributed by atoms with Gasteiger partial charge in [-0.2, -0.15) is 0 Å². The van der Waals surface area contributed by atoms with Crippen LogP contribution in [0, 0.1) is 12.3 Å². The number of amides is 1. The summed E-state index contributed by atoms with van der Waals surface area (Å²) in [4.78, 5) is 30.8. The van der Waals surface area contributed by atoms with Crippen LogP contribution in [0.3, 0.4) is 0 Å². The van der Waals surface area contributed by atoms with Gasteiger partial charge in [0.1, 0.15) is 5.69 Å². The van der Waals surface area contributed by atoms with Gasteiger partial charge >= 0.3 is 0 Å². The first-order chi connectivity index (χ1) is 14.3. The topological polar surface area (TPSA) is 80.7 Å². The Morgan fingerprint density at radius 1 is 1.13 bits per heavy atom. The fourth-order valence-corrected chi connectivity index (χ4v) is 4.02. The summed E-state index contributed by atoms with van der Waals surface area (Å²) in [7, 11) is 0. The van der Waals surface area contributed by atoms with E-state index in [1.807, 2.05) is 44.3 Å². The molecule has 1 aromatic carbocycles. The Labute approximate surface area is 177 Å². The third kappa shape index (κ3) is 4.22. The highest BCUT2D eigenvalue weighted by molar-refractivity contribution is 5.83. The van der Waals surface area contributed by atoms with E-state index in [1.165, 1.54) is 5.56 Å². The van der Waals surface area contributed by atoms with E-state index in [0.29, 0.717) is 11.5 Å². The molecule has 30 heavy (non-hydrogen) atoms. The molecule has 4 rings (SSSR count). The summed E-state index contributed by atoms with van der Waals surface area (Å²) < 4.78 is 0. The largest absolute Gasteiger partial charge is 0.349 e. The summed E-state index contributed by atoms with van der Waals surface area (Å²) in [6.07, 6.45) is 8.45. The Bertz CT molecular complexity index is 1050. The van der Waals surface area contributed by atoms with E-state index >= 15 is 0 Å². The summed E-state index contributed by atoms with van der Waals surface area (Å²) in [5.41, 5.74) is 4.83. The molecule has 0 saturated carbocycles. The first kappa shape index (κ1) is 20.1. The SMILES string of the molecule is Cc1ccc(C(C)C(=O)NC2CC(C)(C)Cc3nc(-c4cnccn4)ncc32)cc1. The predicted octanol–water partition coefficient (Wildman–Crippen LogP) is 4.18. The minimum Gasteiger partial charge on any atom is -0.349 e. The average Bonchev–Trinajstić information content (AvgIpc) is 2.73. The zero-order chi connectivity index (χ0) is 21.3. The van der Waals surface area contributed by atoms with Crippen molar-refractivity contribution < 1.29 is 4.79 Å². The monoisotopic (exact) mass is 401 g/mol. The van der Waals surface area contributed by atoms with E-state index in [-0.39, 0.29) is 23.3 Å². The maximum absolute atomic E-state index is 13.0. The van der Waals surface area contributed by atoms with E-state index in [9.17, 15) is 4.79 Å². The van der Waals surface area contributed by atoms with E-state index in [2.05, 4.69) is 34.1 Å². The molecule has 2 atom stereocenters. The average molecular weight is 402 g/mol. The molecule has 6 heteroatoms. The fourth-order valence-electron chi connectivity index (χ4n) is 4.02. The lowest BCUT2D eigenvalue weighted by Gasteiger charge is -2.37. The number of aromatic nitrogens is 4. The van der Waals surface area contributed by atoms with Crippen molar-refractivity contribution in [2.75, 3.05) is 0 Å². The summed E-state index contributed by atoms with van der Waals surface area (Å²) >= 11 is 0. The van der Waals surface area contributed by atoms with Crippen LogP contribution in [0.5, 0.6) is 0 Å². The van der Waals surface area contributed by atoms with Gasteiger partial charge in [0.25, 0.3) is 0 Å². The second kappa shape index (κ2) is 7.94. The number of aryl methyl sites for hydroxylation is 1. The van der Waals surface area contributed by atoms with E-state index in [4.69, 9.17) is 4.98 Å². The number of benzene rings is 1. The summed E-state index contributed by atoms with van der Waals surface area (Å²) in [6, 6.07) is 8.02. The minimum atomic E-state index is -0.223. The fraction of sp³-hybridized carbons (Fsp3) is 0.375. The van der Waals surface area contributed by atoms with Gasteiger partial charge in [-0.15, -0.1) is 0 Å². The molecular weight excluding hydrogens is 374 g/mol. The smallest absolute Gasteiger partial charge is 0.227 e. The Balaban J connectivity index is 1.60. The zero-order valence-corrected chi connectivity index (χ0v) is 17.9. The molecule has 2 heterocycles. The van der Waals surface area contributed by atoms with Crippen LogP contribution >= 0.6 is 0 Å².